The van der Waals surface area contributed by atoms with Gasteiger partial charge in [0.15, 0.2) is 0 Å². The minimum Gasteiger partial charge on any atom is -0.497 e. The number of nitrogens with zero attached hydrogens (tertiary/aromatic N) is 3. The van der Waals surface area contributed by atoms with Gasteiger partial charge in [0.2, 0.25) is 5.91 Å². The quantitative estimate of drug-likeness (QED) is 0.905. The first-order chi connectivity index (χ1) is 11.6. The molecule has 1 aliphatic heterocycles. The number of nitrogen functional groups attached to an aromatic ring is 1. The predicted octanol–water partition coefficient (Wildman–Crippen LogP) is 1.69. The molecule has 0 bridgehead atoms. The zero-order valence-electron chi connectivity index (χ0n) is 14.0. The summed E-state index contributed by atoms with van der Waals surface area (Å²) in [6.07, 6.45) is 2.28. The van der Waals surface area contributed by atoms with Crippen LogP contribution in [0, 0.1) is 0 Å². The van der Waals surface area contributed by atoms with Gasteiger partial charge in [-0.05, 0) is 37.2 Å². The van der Waals surface area contributed by atoms with Crippen LogP contribution in [-0.2, 0) is 11.2 Å². The van der Waals surface area contributed by atoms with Crippen LogP contribution in [-0.4, -0.2) is 47.9 Å². The molecule has 1 amide bonds. The van der Waals surface area contributed by atoms with Gasteiger partial charge < -0.3 is 15.4 Å². The number of nitrogens with two attached hydrogens (primary N) is 1. The van der Waals surface area contributed by atoms with E-state index >= 15 is 0 Å². The van der Waals surface area contributed by atoms with Crippen molar-refractivity contribution in [3.8, 4) is 5.75 Å². The Morgan fingerprint density at radius 1 is 1.29 bits per heavy atom. The summed E-state index contributed by atoms with van der Waals surface area (Å²) >= 11 is 0. The van der Waals surface area contributed by atoms with Crippen molar-refractivity contribution in [1.82, 2.24) is 14.8 Å². The SMILES string of the molecule is COc1ccc(CCN2C(=O)CN(C)C2c2cccnc2N)cc1. The summed E-state index contributed by atoms with van der Waals surface area (Å²) in [6, 6.07) is 11.7. The lowest BCUT2D eigenvalue weighted by atomic mass is 10.1. The first-order valence-corrected chi connectivity index (χ1v) is 7.93. The number of hydrogen-bond donors (Lipinski definition) is 1. The van der Waals surface area contributed by atoms with Gasteiger partial charge in [-0.3, -0.25) is 9.69 Å². The van der Waals surface area contributed by atoms with E-state index in [1.165, 1.54) is 0 Å². The summed E-state index contributed by atoms with van der Waals surface area (Å²) in [5.41, 5.74) is 8.06. The van der Waals surface area contributed by atoms with E-state index in [9.17, 15) is 4.79 Å². The minimum absolute atomic E-state index is 0.110. The molecule has 0 saturated carbocycles. The molecule has 6 nitrogen and oxygen atoms in total. The summed E-state index contributed by atoms with van der Waals surface area (Å²) in [5, 5.41) is 0. The van der Waals surface area contributed by atoms with Crippen LogP contribution in [0.3, 0.4) is 0 Å². The number of methoxy groups -OCH3 is 1. The van der Waals surface area contributed by atoms with Crippen LogP contribution in [0.15, 0.2) is 42.6 Å². The Morgan fingerprint density at radius 3 is 2.71 bits per heavy atom. The third-order valence-corrected chi connectivity index (χ3v) is 4.37. The van der Waals surface area contributed by atoms with Crippen molar-refractivity contribution in [2.75, 3.05) is 33.0 Å². The molecule has 1 aromatic carbocycles. The number of aromatic nitrogens is 1. The summed E-state index contributed by atoms with van der Waals surface area (Å²) in [6.45, 7) is 1.02. The number of carbonyl (C=O) groups is 1. The molecule has 6 heteroatoms. The van der Waals surface area contributed by atoms with Gasteiger partial charge in [0.25, 0.3) is 0 Å². The smallest absolute Gasteiger partial charge is 0.238 e. The van der Waals surface area contributed by atoms with Crippen LogP contribution in [0.25, 0.3) is 0 Å². The van der Waals surface area contributed by atoms with Gasteiger partial charge in [-0.2, -0.15) is 0 Å². The standard InChI is InChI=1S/C18H22N4O2/c1-21-12-16(23)22(18(21)15-4-3-10-20-17(15)19)11-9-13-5-7-14(24-2)8-6-13/h3-8,10,18H,9,11-12H2,1-2H3,(H2,19,20). The molecule has 0 radical (unpaired) electrons. The molecule has 0 spiro atoms. The monoisotopic (exact) mass is 326 g/mol. The second-order valence-electron chi connectivity index (χ2n) is 5.95. The van der Waals surface area contributed by atoms with Crippen LogP contribution < -0.4 is 10.5 Å². The Labute approximate surface area is 141 Å². The lowest BCUT2D eigenvalue weighted by Crippen LogP contribution is -2.33. The maximum atomic E-state index is 12.4. The van der Waals surface area contributed by atoms with Crippen molar-refractivity contribution in [1.29, 1.82) is 0 Å². The van der Waals surface area contributed by atoms with E-state index in [0.717, 1.165) is 23.3 Å². The number of benzene rings is 1. The Kier molecular flexibility index (Phi) is 4.66. The van der Waals surface area contributed by atoms with Gasteiger partial charge >= 0.3 is 0 Å². The van der Waals surface area contributed by atoms with Gasteiger partial charge in [0.1, 0.15) is 17.7 Å². The number of amides is 1. The molecule has 126 valence electrons. The number of pyridine rings is 1. The highest BCUT2D eigenvalue weighted by molar-refractivity contribution is 5.81. The van der Waals surface area contributed by atoms with Crippen LogP contribution in [0.1, 0.15) is 17.3 Å². The molecule has 3 rings (SSSR count). The van der Waals surface area contributed by atoms with E-state index in [-0.39, 0.29) is 12.1 Å². The Morgan fingerprint density at radius 2 is 2.04 bits per heavy atom. The first-order valence-electron chi connectivity index (χ1n) is 7.93. The number of anilines is 1. The topological polar surface area (TPSA) is 71.7 Å². The number of rotatable bonds is 5. The average Bonchev–Trinajstić information content (AvgIpc) is 2.87. The summed E-state index contributed by atoms with van der Waals surface area (Å²) in [7, 11) is 3.58. The van der Waals surface area contributed by atoms with E-state index < -0.39 is 0 Å². The van der Waals surface area contributed by atoms with E-state index in [1.54, 1.807) is 13.3 Å². The van der Waals surface area contributed by atoms with Gasteiger partial charge in [-0.1, -0.05) is 18.2 Å². The van der Waals surface area contributed by atoms with Gasteiger partial charge in [0.05, 0.1) is 13.7 Å². The molecule has 2 heterocycles. The number of hydrogen-bond acceptors (Lipinski definition) is 5. The van der Waals surface area contributed by atoms with Crippen LogP contribution in [0.2, 0.25) is 0 Å². The first kappa shape index (κ1) is 16.3. The molecule has 0 aliphatic carbocycles. The van der Waals surface area contributed by atoms with E-state index in [4.69, 9.17) is 10.5 Å². The van der Waals surface area contributed by atoms with Crippen LogP contribution in [0.4, 0.5) is 5.82 Å². The number of likely N-dealkylation sites (N-methyl/N-ethyl adjacent to an activating group) is 1. The van der Waals surface area contributed by atoms with E-state index in [0.29, 0.717) is 18.9 Å². The lowest BCUT2D eigenvalue weighted by molar-refractivity contribution is -0.128. The number of ether oxygens (including phenoxy) is 1. The fourth-order valence-electron chi connectivity index (χ4n) is 3.11. The highest BCUT2D eigenvalue weighted by Gasteiger charge is 2.37. The van der Waals surface area contributed by atoms with Crippen LogP contribution >= 0.6 is 0 Å². The Bertz CT molecular complexity index is 717. The van der Waals surface area contributed by atoms with Crippen molar-refractivity contribution in [3.63, 3.8) is 0 Å². The fourth-order valence-corrected chi connectivity index (χ4v) is 3.11. The lowest BCUT2D eigenvalue weighted by Gasteiger charge is -2.29. The molecule has 1 unspecified atom stereocenters. The van der Waals surface area contributed by atoms with Crippen molar-refractivity contribution in [2.45, 2.75) is 12.6 Å². The van der Waals surface area contributed by atoms with E-state index in [1.807, 2.05) is 53.2 Å². The van der Waals surface area contributed by atoms with Gasteiger partial charge in [0, 0.05) is 18.3 Å². The summed E-state index contributed by atoms with van der Waals surface area (Å²) in [4.78, 5) is 20.4. The predicted molar refractivity (Wildman–Crippen MR) is 92.4 cm³/mol. The Balaban J connectivity index is 1.76. The molecule has 1 atom stereocenters. The van der Waals surface area contributed by atoms with Crippen molar-refractivity contribution in [2.24, 2.45) is 0 Å². The summed E-state index contributed by atoms with van der Waals surface area (Å²) < 4.78 is 5.17. The third kappa shape index (κ3) is 3.19. The normalized spacial score (nSPS) is 18.2. The molecule has 1 aromatic heterocycles. The molecule has 1 aliphatic rings. The second kappa shape index (κ2) is 6.88. The molecule has 2 N–H and O–H groups in total. The maximum absolute atomic E-state index is 12.4. The maximum Gasteiger partial charge on any atom is 0.238 e. The third-order valence-electron chi connectivity index (χ3n) is 4.37. The average molecular weight is 326 g/mol. The van der Waals surface area contributed by atoms with Crippen molar-refractivity contribution < 1.29 is 9.53 Å². The van der Waals surface area contributed by atoms with E-state index in [2.05, 4.69) is 4.98 Å². The van der Waals surface area contributed by atoms with Crippen molar-refractivity contribution in [3.05, 3.63) is 53.7 Å². The molecule has 1 fully saturated rings. The minimum atomic E-state index is -0.163. The largest absolute Gasteiger partial charge is 0.497 e. The molecule has 1 saturated heterocycles. The van der Waals surface area contributed by atoms with Gasteiger partial charge in [-0.15, -0.1) is 0 Å². The zero-order valence-corrected chi connectivity index (χ0v) is 14.0. The fraction of sp³-hybridized carbons (Fsp3) is 0.333. The molecule has 24 heavy (non-hydrogen) atoms. The van der Waals surface area contributed by atoms with Crippen LogP contribution in [0.5, 0.6) is 5.75 Å². The van der Waals surface area contributed by atoms with Crippen molar-refractivity contribution >= 4 is 11.7 Å². The Hall–Kier alpha value is -2.60. The zero-order chi connectivity index (χ0) is 17.1. The second-order valence-corrected chi connectivity index (χ2v) is 5.95. The number of carbonyl (C=O) groups excluding carboxylic acids is 1. The van der Waals surface area contributed by atoms with Gasteiger partial charge in [-0.25, -0.2) is 4.98 Å². The summed E-state index contributed by atoms with van der Waals surface area (Å²) in [5.74, 6) is 1.41. The molecular formula is C18H22N4O2. The highest BCUT2D eigenvalue weighted by atomic mass is 16.5. The molecule has 2 aromatic rings. The highest BCUT2D eigenvalue weighted by Crippen LogP contribution is 2.31. The molecular weight excluding hydrogens is 304 g/mol.